The molecule has 1 saturated heterocycles. The number of amides is 1. The molecule has 0 N–H and O–H groups in total. The number of carbonyl (C=O) groups excluding carboxylic acids is 1. The van der Waals surface area contributed by atoms with Crippen molar-refractivity contribution < 1.29 is 9.21 Å². The zero-order valence-corrected chi connectivity index (χ0v) is 24.7. The highest BCUT2D eigenvalue weighted by Gasteiger charge is 2.37. The fourth-order valence-electron chi connectivity index (χ4n) is 6.39. The van der Waals surface area contributed by atoms with Gasteiger partial charge in [-0.1, -0.05) is 76.6 Å². The zero-order chi connectivity index (χ0) is 27.6. The molecule has 1 amide bonds. The van der Waals surface area contributed by atoms with E-state index in [0.717, 1.165) is 31.0 Å². The minimum absolute atomic E-state index is 0.0211. The highest BCUT2D eigenvalue weighted by atomic mass is 16.4. The third-order valence-corrected chi connectivity index (χ3v) is 9.18. The Labute approximate surface area is 235 Å². The molecule has 5 rings (SSSR count). The van der Waals surface area contributed by atoms with Gasteiger partial charge in [0.05, 0.1) is 0 Å². The van der Waals surface area contributed by atoms with Gasteiger partial charge in [0.2, 0.25) is 0 Å². The van der Waals surface area contributed by atoms with E-state index >= 15 is 0 Å². The molecule has 0 unspecified atom stereocenters. The number of hydrogen-bond acceptors (Lipinski definition) is 3. The number of carbonyl (C=O) groups is 1. The number of hydrogen-bond donors (Lipinski definition) is 0. The number of furan rings is 1. The quantitative estimate of drug-likeness (QED) is 0.302. The summed E-state index contributed by atoms with van der Waals surface area (Å²) in [7, 11) is 0. The molecule has 39 heavy (non-hydrogen) atoms. The van der Waals surface area contributed by atoms with Gasteiger partial charge in [0.15, 0.2) is 5.76 Å². The highest BCUT2D eigenvalue weighted by Crippen LogP contribution is 2.46. The number of benzene rings is 2. The van der Waals surface area contributed by atoms with Gasteiger partial charge in [0.25, 0.3) is 5.91 Å². The number of fused-ring (bicyclic) bond motifs is 1. The molecule has 208 valence electrons. The standard InChI is InChI=1S/C35H46N2O2/c1-26-22-30-31(35(4,5)17-16-34(30,2)3)24-28(26)23-29-14-15-32(39-29)33(38)37(25-27-12-8-6-9-13-27)21-20-36-18-10-7-11-19-36/h6,8-9,12-15,22,24H,7,10-11,16-21,23,25H2,1-5H3. The lowest BCUT2D eigenvalue weighted by Crippen LogP contribution is -2.40. The molecule has 0 bridgehead atoms. The van der Waals surface area contributed by atoms with Gasteiger partial charge in [-0.05, 0) is 96.5 Å². The van der Waals surface area contributed by atoms with Crippen LogP contribution in [0.15, 0.2) is 59.0 Å². The van der Waals surface area contributed by atoms with Gasteiger partial charge in [-0.25, -0.2) is 0 Å². The Hall–Kier alpha value is -2.85. The van der Waals surface area contributed by atoms with Gasteiger partial charge in [-0.2, -0.15) is 0 Å². The Kier molecular flexibility index (Phi) is 8.05. The molecule has 2 heterocycles. The fraction of sp³-hybridized carbons (Fsp3) is 0.514. The Morgan fingerprint density at radius 1 is 0.897 bits per heavy atom. The monoisotopic (exact) mass is 526 g/mol. The zero-order valence-electron chi connectivity index (χ0n) is 24.7. The minimum atomic E-state index is -0.0211. The van der Waals surface area contributed by atoms with Gasteiger partial charge >= 0.3 is 0 Å². The molecule has 4 heteroatoms. The Morgan fingerprint density at radius 2 is 1.56 bits per heavy atom. The number of rotatable bonds is 8. The van der Waals surface area contributed by atoms with E-state index < -0.39 is 0 Å². The summed E-state index contributed by atoms with van der Waals surface area (Å²) in [4.78, 5) is 18.2. The summed E-state index contributed by atoms with van der Waals surface area (Å²) >= 11 is 0. The number of likely N-dealkylation sites (tertiary alicyclic amines) is 1. The molecule has 0 spiro atoms. The molecule has 1 fully saturated rings. The van der Waals surface area contributed by atoms with Crippen molar-refractivity contribution in [3.05, 3.63) is 93.9 Å². The SMILES string of the molecule is Cc1cc2c(cc1Cc1ccc(C(=O)N(CCN3CCCCC3)Cc3ccccc3)o1)C(C)(C)CCC2(C)C. The highest BCUT2D eigenvalue weighted by molar-refractivity contribution is 5.91. The Bertz CT molecular complexity index is 1280. The second-order valence-corrected chi connectivity index (χ2v) is 13.1. The molecule has 3 aromatic rings. The second kappa shape index (κ2) is 11.3. The summed E-state index contributed by atoms with van der Waals surface area (Å²) in [6.45, 7) is 16.2. The number of nitrogens with zero attached hydrogens (tertiary/aromatic N) is 2. The molecular weight excluding hydrogens is 480 g/mol. The predicted molar refractivity (Wildman–Crippen MR) is 159 cm³/mol. The molecule has 0 atom stereocenters. The van der Waals surface area contributed by atoms with E-state index in [9.17, 15) is 4.79 Å². The van der Waals surface area contributed by atoms with Crippen LogP contribution >= 0.6 is 0 Å². The normalized spacial score (nSPS) is 18.5. The van der Waals surface area contributed by atoms with Crippen molar-refractivity contribution in [2.75, 3.05) is 26.2 Å². The molecule has 1 aliphatic carbocycles. The molecule has 4 nitrogen and oxygen atoms in total. The first kappa shape index (κ1) is 27.7. The largest absolute Gasteiger partial charge is 0.456 e. The maximum absolute atomic E-state index is 13.7. The van der Waals surface area contributed by atoms with E-state index in [0.29, 0.717) is 25.3 Å². The van der Waals surface area contributed by atoms with Crippen LogP contribution in [0.3, 0.4) is 0 Å². The average molecular weight is 527 g/mol. The van der Waals surface area contributed by atoms with Crippen molar-refractivity contribution in [2.24, 2.45) is 0 Å². The number of aryl methyl sites for hydroxylation is 1. The van der Waals surface area contributed by atoms with E-state index in [1.165, 1.54) is 54.4 Å². The average Bonchev–Trinajstić information content (AvgIpc) is 3.39. The van der Waals surface area contributed by atoms with Crippen LogP contribution in [0.1, 0.15) is 104 Å². The topological polar surface area (TPSA) is 36.7 Å². The summed E-state index contributed by atoms with van der Waals surface area (Å²) in [5.41, 5.74) is 7.06. The summed E-state index contributed by atoms with van der Waals surface area (Å²) < 4.78 is 6.25. The van der Waals surface area contributed by atoms with Crippen molar-refractivity contribution in [3.63, 3.8) is 0 Å². The van der Waals surface area contributed by atoms with E-state index in [1.54, 1.807) is 0 Å². The molecule has 0 saturated carbocycles. The summed E-state index contributed by atoms with van der Waals surface area (Å²) in [5.74, 6) is 1.27. The lowest BCUT2D eigenvalue weighted by molar-refractivity contribution is 0.0682. The first-order chi connectivity index (χ1) is 18.6. The summed E-state index contributed by atoms with van der Waals surface area (Å²) in [5, 5.41) is 0. The predicted octanol–water partition coefficient (Wildman–Crippen LogP) is 7.66. The van der Waals surface area contributed by atoms with Crippen LogP contribution < -0.4 is 0 Å². The summed E-state index contributed by atoms with van der Waals surface area (Å²) in [6, 6.07) is 19.0. The molecule has 1 aliphatic heterocycles. The van der Waals surface area contributed by atoms with Crippen molar-refractivity contribution >= 4 is 5.91 Å². The number of piperidine rings is 1. The Morgan fingerprint density at radius 3 is 2.26 bits per heavy atom. The van der Waals surface area contributed by atoms with Crippen LogP contribution in [-0.2, 0) is 23.8 Å². The maximum atomic E-state index is 13.7. The molecule has 2 aliphatic rings. The van der Waals surface area contributed by atoms with Crippen molar-refractivity contribution in [1.82, 2.24) is 9.80 Å². The van der Waals surface area contributed by atoms with Crippen molar-refractivity contribution in [2.45, 2.75) is 90.5 Å². The minimum Gasteiger partial charge on any atom is -0.456 e. The van der Waals surface area contributed by atoms with Crippen molar-refractivity contribution in [3.8, 4) is 0 Å². The molecular formula is C35H46N2O2. The van der Waals surface area contributed by atoms with E-state index in [4.69, 9.17) is 4.42 Å². The van der Waals surface area contributed by atoms with Crippen molar-refractivity contribution in [1.29, 1.82) is 0 Å². The fourth-order valence-corrected chi connectivity index (χ4v) is 6.39. The van der Waals surface area contributed by atoms with Gasteiger partial charge < -0.3 is 14.2 Å². The first-order valence-electron chi connectivity index (χ1n) is 14.9. The van der Waals surface area contributed by atoms with Crippen LogP contribution in [0.25, 0.3) is 0 Å². The van der Waals surface area contributed by atoms with Crippen LogP contribution in [0.5, 0.6) is 0 Å². The van der Waals surface area contributed by atoms with Crippen LogP contribution in [0, 0.1) is 6.92 Å². The van der Waals surface area contributed by atoms with Gasteiger partial charge in [-0.15, -0.1) is 0 Å². The third-order valence-electron chi connectivity index (χ3n) is 9.18. The first-order valence-corrected chi connectivity index (χ1v) is 14.9. The van der Waals surface area contributed by atoms with Gasteiger partial charge in [-0.3, -0.25) is 4.79 Å². The third kappa shape index (κ3) is 6.32. The molecule has 2 aromatic carbocycles. The smallest absolute Gasteiger partial charge is 0.289 e. The van der Waals surface area contributed by atoms with E-state index in [2.05, 4.69) is 63.8 Å². The van der Waals surface area contributed by atoms with Crippen LogP contribution in [-0.4, -0.2) is 41.9 Å². The lowest BCUT2D eigenvalue weighted by Gasteiger charge is -2.42. The second-order valence-electron chi connectivity index (χ2n) is 13.1. The van der Waals surface area contributed by atoms with E-state index in [1.807, 2.05) is 35.2 Å². The maximum Gasteiger partial charge on any atom is 0.289 e. The molecule has 1 aromatic heterocycles. The lowest BCUT2D eigenvalue weighted by atomic mass is 9.62. The van der Waals surface area contributed by atoms with Gasteiger partial charge in [0.1, 0.15) is 5.76 Å². The molecule has 0 radical (unpaired) electrons. The van der Waals surface area contributed by atoms with Gasteiger partial charge in [0, 0.05) is 26.1 Å². The van der Waals surface area contributed by atoms with E-state index in [-0.39, 0.29) is 16.7 Å². The van der Waals surface area contributed by atoms with Crippen LogP contribution in [0.4, 0.5) is 0 Å². The Balaban J connectivity index is 1.34. The van der Waals surface area contributed by atoms with Crippen LogP contribution in [0.2, 0.25) is 0 Å². The summed E-state index contributed by atoms with van der Waals surface area (Å²) in [6.07, 6.45) is 6.94.